The summed E-state index contributed by atoms with van der Waals surface area (Å²) in [6.45, 7) is 1.75. The first kappa shape index (κ1) is 8.67. The zero-order chi connectivity index (χ0) is 7.72. The Morgan fingerprint density at radius 1 is 1.70 bits per heavy atom. The number of hydrogen-bond donors (Lipinski definition) is 1. The van der Waals surface area contributed by atoms with Crippen LogP contribution in [0.1, 0.15) is 6.92 Å². The molecule has 4 unspecified atom stereocenters. The second-order valence-corrected chi connectivity index (χ2v) is 3.40. The van der Waals surface area contributed by atoms with Crippen molar-refractivity contribution in [2.45, 2.75) is 25.5 Å². The molecule has 10 heavy (non-hydrogen) atoms. The van der Waals surface area contributed by atoms with Crippen LogP contribution in [0.25, 0.3) is 0 Å². The largest absolute Gasteiger partial charge is 0.366 e. The van der Waals surface area contributed by atoms with Gasteiger partial charge < -0.3 is 9.84 Å². The zero-order valence-electron chi connectivity index (χ0n) is 5.63. The van der Waals surface area contributed by atoms with Crippen molar-refractivity contribution in [1.82, 2.24) is 0 Å². The third kappa shape index (κ3) is 1.43. The zero-order valence-corrected chi connectivity index (χ0v) is 7.79. The van der Waals surface area contributed by atoms with E-state index in [1.165, 1.54) is 0 Å². The van der Waals surface area contributed by atoms with E-state index < -0.39 is 12.5 Å². The lowest BCUT2D eigenvalue weighted by Gasteiger charge is -2.09. The molecular weight excluding hydrogens is 250 g/mol. The van der Waals surface area contributed by atoms with Crippen molar-refractivity contribution in [1.29, 1.82) is 0 Å². The fraction of sp³-hybridized carbons (Fsp3) is 1.00. The molecule has 4 atom stereocenters. The predicted octanol–water partition coefficient (Wildman–Crippen LogP) is 1.11. The monoisotopic (exact) mass is 260 g/mol. The third-order valence-electron chi connectivity index (χ3n) is 1.83. The van der Waals surface area contributed by atoms with E-state index in [1.54, 1.807) is 6.92 Å². The molecule has 0 radical (unpaired) electrons. The second kappa shape index (κ2) is 3.32. The topological polar surface area (TPSA) is 29.5 Å². The Kier molecular flexibility index (Phi) is 2.88. The van der Waals surface area contributed by atoms with E-state index in [9.17, 15) is 4.39 Å². The van der Waals surface area contributed by atoms with Crippen molar-refractivity contribution < 1.29 is 14.2 Å². The Bertz CT molecular complexity index is 122. The van der Waals surface area contributed by atoms with Gasteiger partial charge in [-0.1, -0.05) is 29.5 Å². The molecule has 0 aromatic rings. The summed E-state index contributed by atoms with van der Waals surface area (Å²) in [5.74, 6) is -0.174. The van der Waals surface area contributed by atoms with E-state index in [0.717, 1.165) is 4.43 Å². The first-order valence-corrected chi connectivity index (χ1v) is 4.73. The molecule has 2 nitrogen and oxygen atoms in total. The molecule has 60 valence electrons. The van der Waals surface area contributed by atoms with Crippen LogP contribution >= 0.6 is 22.6 Å². The number of aliphatic hydroxyl groups is 1. The smallest absolute Gasteiger partial charge is 0.186 e. The first-order chi connectivity index (χ1) is 4.66. The van der Waals surface area contributed by atoms with Gasteiger partial charge in [0.25, 0.3) is 0 Å². The van der Waals surface area contributed by atoms with Crippen molar-refractivity contribution in [3.8, 4) is 0 Å². The van der Waals surface area contributed by atoms with Crippen LogP contribution in [0.5, 0.6) is 0 Å². The van der Waals surface area contributed by atoms with Gasteiger partial charge in [-0.2, -0.15) is 0 Å². The van der Waals surface area contributed by atoms with Gasteiger partial charge in [0, 0.05) is 10.3 Å². The Labute approximate surface area is 72.9 Å². The molecule has 0 aliphatic carbocycles. The van der Waals surface area contributed by atoms with Gasteiger partial charge in [-0.05, 0) is 0 Å². The summed E-state index contributed by atoms with van der Waals surface area (Å²) in [4.78, 5) is 0. The highest BCUT2D eigenvalue weighted by Crippen LogP contribution is 2.28. The molecule has 0 spiro atoms. The van der Waals surface area contributed by atoms with Crippen LogP contribution < -0.4 is 0 Å². The Balaban J connectivity index is 2.53. The number of alkyl halides is 2. The summed E-state index contributed by atoms with van der Waals surface area (Å²) < 4.78 is 18.4. The lowest BCUT2D eigenvalue weighted by atomic mass is 10.0. The van der Waals surface area contributed by atoms with Gasteiger partial charge in [-0.15, -0.1) is 0 Å². The molecule has 4 heteroatoms. The lowest BCUT2D eigenvalue weighted by Crippen LogP contribution is -2.20. The number of halogens is 2. The molecule has 0 saturated carbocycles. The standard InChI is InChI=1S/C6H10FIO2/c1-3-4(2-8)10-6(9)5(3)7/h3-6,9H,2H2,1H3. The van der Waals surface area contributed by atoms with Gasteiger partial charge in [0.15, 0.2) is 12.5 Å². The summed E-state index contributed by atoms with van der Waals surface area (Å²) >= 11 is 2.12. The second-order valence-electron chi connectivity index (χ2n) is 2.52. The maximum Gasteiger partial charge on any atom is 0.186 e. The number of hydrogen-bond acceptors (Lipinski definition) is 2. The van der Waals surface area contributed by atoms with Crippen LogP contribution in [0.4, 0.5) is 4.39 Å². The minimum atomic E-state index is -1.21. The highest BCUT2D eigenvalue weighted by Gasteiger charge is 2.40. The summed E-state index contributed by atoms with van der Waals surface area (Å²) in [5, 5.41) is 8.87. The summed E-state index contributed by atoms with van der Waals surface area (Å²) in [6.07, 6.45) is -2.53. The van der Waals surface area contributed by atoms with Crippen molar-refractivity contribution in [2.24, 2.45) is 5.92 Å². The molecular formula is C6H10FIO2. The minimum absolute atomic E-state index is 0.120. The molecule has 1 fully saturated rings. The normalized spacial score (nSPS) is 48.0. The van der Waals surface area contributed by atoms with Gasteiger partial charge in [-0.25, -0.2) is 4.39 Å². The van der Waals surface area contributed by atoms with E-state index in [1.807, 2.05) is 0 Å². The van der Waals surface area contributed by atoms with Gasteiger partial charge in [0.2, 0.25) is 0 Å². The van der Waals surface area contributed by atoms with Crippen molar-refractivity contribution >= 4 is 22.6 Å². The SMILES string of the molecule is CC1C(CI)OC(O)C1F. The van der Waals surface area contributed by atoms with Crippen molar-refractivity contribution in [3.63, 3.8) is 0 Å². The molecule has 1 heterocycles. The van der Waals surface area contributed by atoms with Crippen molar-refractivity contribution in [3.05, 3.63) is 0 Å². The molecule has 0 aromatic heterocycles. The van der Waals surface area contributed by atoms with Crippen LogP contribution in [-0.2, 0) is 4.74 Å². The summed E-state index contributed by atoms with van der Waals surface area (Å²) in [5.41, 5.74) is 0. The van der Waals surface area contributed by atoms with Crippen LogP contribution in [0.2, 0.25) is 0 Å². The van der Waals surface area contributed by atoms with E-state index in [-0.39, 0.29) is 12.0 Å². The third-order valence-corrected chi connectivity index (χ3v) is 2.70. The van der Waals surface area contributed by atoms with E-state index in [2.05, 4.69) is 22.6 Å². The number of rotatable bonds is 1. The van der Waals surface area contributed by atoms with Crippen LogP contribution in [-0.4, -0.2) is 28.1 Å². The first-order valence-electron chi connectivity index (χ1n) is 3.20. The molecule has 1 saturated heterocycles. The summed E-state index contributed by atoms with van der Waals surface area (Å²) in [7, 11) is 0. The lowest BCUT2D eigenvalue weighted by molar-refractivity contribution is -0.106. The summed E-state index contributed by atoms with van der Waals surface area (Å²) in [6, 6.07) is 0. The number of aliphatic hydroxyl groups excluding tert-OH is 1. The van der Waals surface area contributed by atoms with E-state index in [4.69, 9.17) is 9.84 Å². The van der Waals surface area contributed by atoms with Crippen molar-refractivity contribution in [2.75, 3.05) is 4.43 Å². The molecule has 1 aliphatic rings. The maximum absolute atomic E-state index is 12.8. The molecule has 1 rings (SSSR count). The molecule has 0 bridgehead atoms. The molecule has 1 aliphatic heterocycles. The minimum Gasteiger partial charge on any atom is -0.366 e. The van der Waals surface area contributed by atoms with Gasteiger partial charge in [0.1, 0.15) is 0 Å². The fourth-order valence-electron chi connectivity index (χ4n) is 1.02. The maximum atomic E-state index is 12.8. The van der Waals surface area contributed by atoms with Gasteiger partial charge in [0.05, 0.1) is 6.10 Å². The Morgan fingerprint density at radius 3 is 2.50 bits per heavy atom. The molecule has 0 aromatic carbocycles. The fourth-order valence-corrected chi connectivity index (χ4v) is 2.03. The number of ether oxygens (including phenoxy) is 1. The highest BCUT2D eigenvalue weighted by molar-refractivity contribution is 14.1. The Hall–Kier alpha value is 0.580. The predicted molar refractivity (Wildman–Crippen MR) is 43.8 cm³/mol. The van der Waals surface area contributed by atoms with E-state index in [0.29, 0.717) is 0 Å². The van der Waals surface area contributed by atoms with Gasteiger partial charge in [-0.3, -0.25) is 0 Å². The molecule has 1 N–H and O–H groups in total. The quantitative estimate of drug-likeness (QED) is 0.565. The van der Waals surface area contributed by atoms with Crippen LogP contribution in [0, 0.1) is 5.92 Å². The van der Waals surface area contributed by atoms with Crippen LogP contribution in [0.3, 0.4) is 0 Å². The Morgan fingerprint density at radius 2 is 2.30 bits per heavy atom. The van der Waals surface area contributed by atoms with Gasteiger partial charge >= 0.3 is 0 Å². The van der Waals surface area contributed by atoms with E-state index >= 15 is 0 Å². The average molecular weight is 260 g/mol. The molecule has 0 amide bonds. The van der Waals surface area contributed by atoms with Crippen LogP contribution in [0.15, 0.2) is 0 Å². The highest BCUT2D eigenvalue weighted by atomic mass is 127. The average Bonchev–Trinajstić information content (AvgIpc) is 2.17.